The fourth-order valence-corrected chi connectivity index (χ4v) is 4.55. The zero-order valence-corrected chi connectivity index (χ0v) is 13.6. The number of rotatable bonds is 4. The van der Waals surface area contributed by atoms with Gasteiger partial charge in [0.2, 0.25) is 0 Å². The lowest BCUT2D eigenvalue weighted by molar-refractivity contribution is 0.133. The van der Waals surface area contributed by atoms with E-state index in [-0.39, 0.29) is 0 Å². The number of anilines is 1. The lowest BCUT2D eigenvalue weighted by Crippen LogP contribution is -2.47. The summed E-state index contributed by atoms with van der Waals surface area (Å²) < 4.78 is 0. The van der Waals surface area contributed by atoms with Crippen LogP contribution in [0.1, 0.15) is 44.6 Å². The number of nitrogens with zero attached hydrogens (tertiary/aromatic N) is 2. The van der Waals surface area contributed by atoms with Crippen molar-refractivity contribution in [3.8, 4) is 0 Å². The van der Waals surface area contributed by atoms with E-state index in [0.29, 0.717) is 6.04 Å². The molecule has 2 aromatic rings. The molecule has 2 fully saturated rings. The van der Waals surface area contributed by atoms with Crippen molar-refractivity contribution < 1.29 is 0 Å². The molecule has 1 aromatic carbocycles. The quantitative estimate of drug-likeness (QED) is 0.905. The summed E-state index contributed by atoms with van der Waals surface area (Å²) in [6.07, 6.45) is 8.58. The van der Waals surface area contributed by atoms with E-state index in [9.17, 15) is 0 Å². The van der Waals surface area contributed by atoms with E-state index in [2.05, 4.69) is 46.4 Å². The van der Waals surface area contributed by atoms with E-state index < -0.39 is 0 Å². The molecule has 3 heterocycles. The molecule has 2 atom stereocenters. The highest BCUT2D eigenvalue weighted by atomic mass is 15.2. The van der Waals surface area contributed by atoms with Crippen molar-refractivity contribution in [1.29, 1.82) is 0 Å². The molecular formula is C18H26N4. The highest BCUT2D eigenvalue weighted by Crippen LogP contribution is 2.37. The maximum atomic E-state index is 4.16. The molecule has 4 rings (SSSR count). The molecule has 2 aliphatic rings. The van der Waals surface area contributed by atoms with Crippen LogP contribution in [0.2, 0.25) is 0 Å². The van der Waals surface area contributed by atoms with Gasteiger partial charge in [0.1, 0.15) is 0 Å². The van der Waals surface area contributed by atoms with Gasteiger partial charge in [-0.15, -0.1) is 0 Å². The first-order chi connectivity index (χ1) is 10.8. The number of nitrogens with one attached hydrogen (secondary N) is 2. The topological polar surface area (TPSA) is 44.0 Å². The first-order valence-electron chi connectivity index (χ1n) is 8.71. The van der Waals surface area contributed by atoms with Crippen LogP contribution < -0.4 is 5.32 Å². The van der Waals surface area contributed by atoms with E-state index in [1.54, 1.807) is 0 Å². The monoisotopic (exact) mass is 298 g/mol. The van der Waals surface area contributed by atoms with Gasteiger partial charge >= 0.3 is 0 Å². The molecule has 0 radical (unpaired) electrons. The second kappa shape index (κ2) is 5.58. The molecule has 4 heteroatoms. The number of H-pyrrole nitrogens is 1. The fourth-order valence-electron chi connectivity index (χ4n) is 4.55. The third kappa shape index (κ3) is 2.30. The largest absolute Gasteiger partial charge is 0.382 e. The Bertz CT molecular complexity index is 648. The number of benzene rings is 1. The first kappa shape index (κ1) is 14.1. The van der Waals surface area contributed by atoms with E-state index in [1.807, 2.05) is 6.20 Å². The Morgan fingerprint density at radius 3 is 2.77 bits per heavy atom. The summed E-state index contributed by atoms with van der Waals surface area (Å²) in [5.74, 6) is 0. The van der Waals surface area contributed by atoms with Crippen LogP contribution in [0.25, 0.3) is 10.9 Å². The summed E-state index contributed by atoms with van der Waals surface area (Å²) in [4.78, 5) is 2.77. The van der Waals surface area contributed by atoms with Crippen LogP contribution in [0.5, 0.6) is 0 Å². The number of hydrogen-bond donors (Lipinski definition) is 2. The second-order valence-electron chi connectivity index (χ2n) is 7.00. The average Bonchev–Trinajstić information content (AvgIpc) is 3.07. The number of aromatic nitrogens is 2. The molecule has 2 saturated heterocycles. The fraction of sp³-hybridized carbons (Fsp3) is 0.611. The Kier molecular flexibility index (Phi) is 3.57. The summed E-state index contributed by atoms with van der Waals surface area (Å²) in [5, 5.41) is 12.3. The van der Waals surface area contributed by atoms with Gasteiger partial charge in [-0.2, -0.15) is 5.10 Å². The molecule has 0 amide bonds. The van der Waals surface area contributed by atoms with Crippen LogP contribution in [0.4, 0.5) is 5.69 Å². The molecule has 0 aliphatic carbocycles. The Balaban J connectivity index is 1.51. The van der Waals surface area contributed by atoms with Crippen LogP contribution >= 0.6 is 0 Å². The maximum absolute atomic E-state index is 4.16. The molecule has 2 unspecified atom stereocenters. The predicted molar refractivity (Wildman–Crippen MR) is 91.3 cm³/mol. The summed E-state index contributed by atoms with van der Waals surface area (Å²) in [6, 6.07) is 6.56. The molecule has 2 bridgehead atoms. The van der Waals surface area contributed by atoms with Gasteiger partial charge in [0.15, 0.2) is 0 Å². The predicted octanol–water partition coefficient (Wildman–Crippen LogP) is 3.69. The number of aryl methyl sites for hydroxylation is 1. The number of piperidine rings is 1. The van der Waals surface area contributed by atoms with Crippen LogP contribution in [0, 0.1) is 6.92 Å². The van der Waals surface area contributed by atoms with Gasteiger partial charge < -0.3 is 5.32 Å². The van der Waals surface area contributed by atoms with Crippen molar-refractivity contribution in [1.82, 2.24) is 15.1 Å². The van der Waals surface area contributed by atoms with Gasteiger partial charge in [-0.05, 0) is 63.3 Å². The van der Waals surface area contributed by atoms with Crippen LogP contribution in [0.15, 0.2) is 18.3 Å². The first-order valence-corrected chi connectivity index (χ1v) is 8.71. The van der Waals surface area contributed by atoms with Crippen LogP contribution in [-0.4, -0.2) is 39.8 Å². The summed E-state index contributed by atoms with van der Waals surface area (Å²) >= 11 is 0. The Morgan fingerprint density at radius 2 is 2.05 bits per heavy atom. The van der Waals surface area contributed by atoms with E-state index in [4.69, 9.17) is 0 Å². The smallest absolute Gasteiger partial charge is 0.0654 e. The van der Waals surface area contributed by atoms with Crippen molar-refractivity contribution in [2.45, 2.75) is 64.1 Å². The molecule has 0 spiro atoms. The lowest BCUT2D eigenvalue weighted by atomic mass is 9.96. The van der Waals surface area contributed by atoms with E-state index in [0.717, 1.165) is 17.6 Å². The minimum atomic E-state index is 0.619. The summed E-state index contributed by atoms with van der Waals surface area (Å²) in [5.41, 5.74) is 3.72. The third-order valence-electron chi connectivity index (χ3n) is 5.62. The molecule has 22 heavy (non-hydrogen) atoms. The Morgan fingerprint density at radius 1 is 1.27 bits per heavy atom. The van der Waals surface area contributed by atoms with Gasteiger partial charge in [0.05, 0.1) is 11.7 Å². The molecular weight excluding hydrogens is 272 g/mol. The van der Waals surface area contributed by atoms with Crippen molar-refractivity contribution in [3.05, 3.63) is 23.9 Å². The van der Waals surface area contributed by atoms with Crippen molar-refractivity contribution in [3.63, 3.8) is 0 Å². The van der Waals surface area contributed by atoms with Gasteiger partial charge in [-0.3, -0.25) is 10.00 Å². The molecule has 4 nitrogen and oxygen atoms in total. The molecule has 118 valence electrons. The molecule has 2 aliphatic heterocycles. The average molecular weight is 298 g/mol. The van der Waals surface area contributed by atoms with Crippen molar-refractivity contribution in [2.75, 3.05) is 11.9 Å². The zero-order valence-electron chi connectivity index (χ0n) is 13.6. The Hall–Kier alpha value is -1.55. The number of fused-ring (bicyclic) bond motifs is 3. The second-order valence-corrected chi connectivity index (χ2v) is 7.00. The van der Waals surface area contributed by atoms with Crippen molar-refractivity contribution in [2.24, 2.45) is 0 Å². The number of hydrogen-bond acceptors (Lipinski definition) is 3. The number of aromatic amines is 1. The minimum absolute atomic E-state index is 0.619. The van der Waals surface area contributed by atoms with Gasteiger partial charge in [-0.1, -0.05) is 6.92 Å². The van der Waals surface area contributed by atoms with Crippen LogP contribution in [0.3, 0.4) is 0 Å². The van der Waals surface area contributed by atoms with Gasteiger partial charge in [0, 0.05) is 29.2 Å². The summed E-state index contributed by atoms with van der Waals surface area (Å²) in [6.45, 7) is 5.77. The van der Waals surface area contributed by atoms with E-state index >= 15 is 0 Å². The minimum Gasteiger partial charge on any atom is -0.382 e. The van der Waals surface area contributed by atoms with Crippen LogP contribution in [-0.2, 0) is 0 Å². The molecule has 2 N–H and O–H groups in total. The van der Waals surface area contributed by atoms with Crippen molar-refractivity contribution >= 4 is 16.6 Å². The van der Waals surface area contributed by atoms with Gasteiger partial charge in [0.25, 0.3) is 0 Å². The van der Waals surface area contributed by atoms with E-state index in [1.165, 1.54) is 55.3 Å². The third-order valence-corrected chi connectivity index (χ3v) is 5.62. The normalized spacial score (nSPS) is 28.4. The molecule has 1 aromatic heterocycles. The summed E-state index contributed by atoms with van der Waals surface area (Å²) in [7, 11) is 0. The highest BCUT2D eigenvalue weighted by molar-refractivity contribution is 5.86. The Labute approximate surface area is 132 Å². The lowest BCUT2D eigenvalue weighted by Gasteiger charge is -2.39. The molecule has 0 saturated carbocycles. The van der Waals surface area contributed by atoms with Gasteiger partial charge in [-0.25, -0.2) is 0 Å². The zero-order chi connectivity index (χ0) is 15.1. The SMILES string of the molecule is CCCN1C2CCC1CC(Nc1ccc3[nH]ncc3c1C)C2. The standard InChI is InChI=1S/C18H26N4/c1-3-8-22-14-4-5-15(22)10-13(9-14)20-17-6-7-18-16(12(17)2)11-19-21-18/h6-7,11,13-15,20H,3-5,8-10H2,1-2H3,(H,19,21). The highest BCUT2D eigenvalue weighted by Gasteiger charge is 2.40. The maximum Gasteiger partial charge on any atom is 0.0654 e.